The molecule has 1 saturated heterocycles. The second-order valence-corrected chi connectivity index (χ2v) is 3.67. The van der Waals surface area contributed by atoms with Crippen LogP contribution < -0.4 is 5.32 Å². The Kier molecular flexibility index (Phi) is 4.62. The standard InChI is InChI=1S/C10H21N2/c1-3-4-9-12(2)10-5-7-11-8-6-10/h10-11H,1,3-9H2,2H3/q-1. The van der Waals surface area contributed by atoms with Gasteiger partial charge in [-0.3, -0.25) is 0 Å². The fourth-order valence-electron chi connectivity index (χ4n) is 1.79. The highest BCUT2D eigenvalue weighted by Gasteiger charge is 2.16. The average molecular weight is 169 g/mol. The molecule has 1 heterocycles. The SMILES string of the molecule is [CH2-]CCCN(C)C1CCNCC1. The van der Waals surface area contributed by atoms with Crippen molar-refractivity contribution >= 4 is 0 Å². The van der Waals surface area contributed by atoms with Crippen molar-refractivity contribution in [3.05, 3.63) is 6.92 Å². The minimum atomic E-state index is 0.817. The smallest absolute Gasteiger partial charge is 0.0116 e. The molecular formula is C10H21N2-. The van der Waals surface area contributed by atoms with Crippen LogP contribution in [0.15, 0.2) is 0 Å². The van der Waals surface area contributed by atoms with Gasteiger partial charge in [0.25, 0.3) is 0 Å². The molecule has 1 rings (SSSR count). The van der Waals surface area contributed by atoms with Crippen molar-refractivity contribution in [3.63, 3.8) is 0 Å². The van der Waals surface area contributed by atoms with Crippen LogP contribution in [0.1, 0.15) is 25.7 Å². The number of hydrogen-bond acceptors (Lipinski definition) is 2. The van der Waals surface area contributed by atoms with Crippen LogP contribution in [0.3, 0.4) is 0 Å². The molecule has 1 N–H and O–H groups in total. The summed E-state index contributed by atoms with van der Waals surface area (Å²) in [5, 5.41) is 3.39. The van der Waals surface area contributed by atoms with E-state index >= 15 is 0 Å². The van der Waals surface area contributed by atoms with Crippen LogP contribution >= 0.6 is 0 Å². The van der Waals surface area contributed by atoms with E-state index in [-0.39, 0.29) is 0 Å². The summed E-state index contributed by atoms with van der Waals surface area (Å²) in [6.45, 7) is 7.47. The largest absolute Gasteiger partial charge is 0.343 e. The first-order valence-corrected chi connectivity index (χ1v) is 5.05. The predicted octanol–water partition coefficient (Wildman–Crippen LogP) is 1.28. The van der Waals surface area contributed by atoms with E-state index in [4.69, 9.17) is 0 Å². The first kappa shape index (κ1) is 10.0. The van der Waals surface area contributed by atoms with Crippen LogP contribution in [-0.4, -0.2) is 37.6 Å². The van der Waals surface area contributed by atoms with Crippen molar-refractivity contribution in [2.75, 3.05) is 26.7 Å². The van der Waals surface area contributed by atoms with E-state index in [2.05, 4.69) is 24.2 Å². The molecule has 0 spiro atoms. The first-order valence-electron chi connectivity index (χ1n) is 5.05. The summed E-state index contributed by atoms with van der Waals surface area (Å²) in [4.78, 5) is 2.49. The monoisotopic (exact) mass is 169 g/mol. The summed E-state index contributed by atoms with van der Waals surface area (Å²) in [7, 11) is 2.24. The summed E-state index contributed by atoms with van der Waals surface area (Å²) in [5.74, 6) is 0. The van der Waals surface area contributed by atoms with E-state index in [1.807, 2.05) is 0 Å². The Morgan fingerprint density at radius 2 is 2.08 bits per heavy atom. The Labute approximate surface area is 76.3 Å². The molecule has 0 bridgehead atoms. The topological polar surface area (TPSA) is 15.3 Å². The zero-order chi connectivity index (χ0) is 8.81. The highest BCUT2D eigenvalue weighted by Crippen LogP contribution is 2.10. The van der Waals surface area contributed by atoms with Crippen molar-refractivity contribution in [2.24, 2.45) is 0 Å². The number of hydrogen-bond donors (Lipinski definition) is 1. The van der Waals surface area contributed by atoms with Crippen molar-refractivity contribution in [1.82, 2.24) is 10.2 Å². The minimum Gasteiger partial charge on any atom is -0.343 e. The lowest BCUT2D eigenvalue weighted by molar-refractivity contribution is 0.197. The maximum Gasteiger partial charge on any atom is 0.0116 e. The van der Waals surface area contributed by atoms with Gasteiger partial charge in [-0.05, 0) is 39.5 Å². The number of rotatable bonds is 4. The lowest BCUT2D eigenvalue weighted by Crippen LogP contribution is -2.41. The molecule has 12 heavy (non-hydrogen) atoms. The van der Waals surface area contributed by atoms with E-state index in [1.54, 1.807) is 0 Å². The predicted molar refractivity (Wildman–Crippen MR) is 53.1 cm³/mol. The number of nitrogens with one attached hydrogen (secondary N) is 1. The molecule has 0 saturated carbocycles. The summed E-state index contributed by atoms with van der Waals surface area (Å²) in [6.07, 6.45) is 4.93. The Balaban J connectivity index is 2.15. The molecule has 1 aliphatic rings. The zero-order valence-electron chi connectivity index (χ0n) is 8.18. The quantitative estimate of drug-likeness (QED) is 0.638. The fourth-order valence-corrected chi connectivity index (χ4v) is 1.79. The van der Waals surface area contributed by atoms with Gasteiger partial charge in [0, 0.05) is 6.04 Å². The average Bonchev–Trinajstić information content (AvgIpc) is 2.15. The second-order valence-electron chi connectivity index (χ2n) is 3.67. The fraction of sp³-hybridized carbons (Fsp3) is 0.900. The van der Waals surface area contributed by atoms with E-state index in [0.29, 0.717) is 0 Å². The van der Waals surface area contributed by atoms with Gasteiger partial charge in [-0.2, -0.15) is 6.42 Å². The summed E-state index contributed by atoms with van der Waals surface area (Å²) < 4.78 is 0. The lowest BCUT2D eigenvalue weighted by Gasteiger charge is -2.31. The van der Waals surface area contributed by atoms with Crippen molar-refractivity contribution in [1.29, 1.82) is 0 Å². The minimum absolute atomic E-state index is 0.817. The summed E-state index contributed by atoms with van der Waals surface area (Å²) >= 11 is 0. The van der Waals surface area contributed by atoms with Gasteiger partial charge >= 0.3 is 0 Å². The van der Waals surface area contributed by atoms with E-state index in [1.165, 1.54) is 38.9 Å². The van der Waals surface area contributed by atoms with Gasteiger partial charge in [-0.25, -0.2) is 0 Å². The Bertz CT molecular complexity index is 108. The molecule has 0 aromatic carbocycles. The third-order valence-electron chi connectivity index (χ3n) is 2.69. The number of nitrogens with zero attached hydrogens (tertiary/aromatic N) is 1. The molecule has 1 fully saturated rings. The maximum atomic E-state index is 3.86. The van der Waals surface area contributed by atoms with Gasteiger partial charge < -0.3 is 17.1 Å². The lowest BCUT2D eigenvalue weighted by atomic mass is 10.1. The molecule has 2 heteroatoms. The molecule has 0 aromatic rings. The van der Waals surface area contributed by atoms with Crippen LogP contribution in [0.2, 0.25) is 0 Å². The Morgan fingerprint density at radius 3 is 2.67 bits per heavy atom. The van der Waals surface area contributed by atoms with Crippen LogP contribution in [0, 0.1) is 6.92 Å². The molecule has 0 aromatic heterocycles. The van der Waals surface area contributed by atoms with Gasteiger partial charge in [-0.1, -0.05) is 6.42 Å². The summed E-state index contributed by atoms with van der Waals surface area (Å²) in [5.41, 5.74) is 0. The molecule has 0 amide bonds. The third kappa shape index (κ3) is 3.11. The highest BCUT2D eigenvalue weighted by atomic mass is 15.1. The normalized spacial score (nSPS) is 20.2. The molecule has 0 unspecified atom stereocenters. The Hall–Kier alpha value is -0.0800. The van der Waals surface area contributed by atoms with Gasteiger partial charge in [0.1, 0.15) is 0 Å². The van der Waals surface area contributed by atoms with E-state index in [0.717, 1.165) is 12.5 Å². The number of unbranched alkanes of at least 4 members (excludes halogenated alkanes) is 1. The van der Waals surface area contributed by atoms with Crippen molar-refractivity contribution in [3.8, 4) is 0 Å². The van der Waals surface area contributed by atoms with Crippen LogP contribution in [0.25, 0.3) is 0 Å². The summed E-state index contributed by atoms with van der Waals surface area (Å²) in [6, 6.07) is 0.817. The van der Waals surface area contributed by atoms with Gasteiger partial charge in [0.2, 0.25) is 0 Å². The van der Waals surface area contributed by atoms with Crippen LogP contribution in [0.4, 0.5) is 0 Å². The Morgan fingerprint density at radius 1 is 1.42 bits per heavy atom. The molecular weight excluding hydrogens is 148 g/mol. The molecule has 1 aliphatic heterocycles. The van der Waals surface area contributed by atoms with Gasteiger partial charge in [0.05, 0.1) is 0 Å². The maximum absolute atomic E-state index is 3.86. The zero-order valence-corrected chi connectivity index (χ0v) is 8.18. The third-order valence-corrected chi connectivity index (χ3v) is 2.69. The van der Waals surface area contributed by atoms with Gasteiger partial charge in [0.15, 0.2) is 0 Å². The van der Waals surface area contributed by atoms with E-state index < -0.39 is 0 Å². The van der Waals surface area contributed by atoms with E-state index in [9.17, 15) is 0 Å². The van der Waals surface area contributed by atoms with Gasteiger partial charge in [-0.15, -0.1) is 0 Å². The number of piperidine rings is 1. The molecule has 72 valence electrons. The van der Waals surface area contributed by atoms with Crippen molar-refractivity contribution in [2.45, 2.75) is 31.7 Å². The van der Waals surface area contributed by atoms with Crippen LogP contribution in [0.5, 0.6) is 0 Å². The van der Waals surface area contributed by atoms with Crippen molar-refractivity contribution < 1.29 is 0 Å². The first-order chi connectivity index (χ1) is 5.84. The molecule has 0 aliphatic carbocycles. The second kappa shape index (κ2) is 5.55. The highest BCUT2D eigenvalue weighted by molar-refractivity contribution is 4.75. The van der Waals surface area contributed by atoms with Crippen LogP contribution in [-0.2, 0) is 0 Å². The molecule has 0 atom stereocenters. The molecule has 0 radical (unpaired) electrons. The molecule has 2 nitrogen and oxygen atoms in total.